The minimum absolute atomic E-state index is 0.00992. The molecule has 1 atom stereocenters. The summed E-state index contributed by atoms with van der Waals surface area (Å²) in [6, 6.07) is 6.61. The number of nitrogens with zero attached hydrogens (tertiary/aromatic N) is 3. The number of carbonyl (C=O) groups is 1. The molecule has 9 heteroatoms. The molecule has 1 saturated heterocycles. The maximum Gasteiger partial charge on any atom is 0.416 e. The predicted octanol–water partition coefficient (Wildman–Crippen LogP) is 4.69. The minimum atomic E-state index is -4.46. The molecule has 2 fully saturated rings. The number of urea groups is 1. The molecule has 0 unspecified atom stereocenters. The fourth-order valence-electron chi connectivity index (χ4n) is 4.00. The third-order valence-electron chi connectivity index (χ3n) is 5.62. The van der Waals surface area contributed by atoms with Crippen molar-refractivity contribution in [3.63, 3.8) is 0 Å². The first-order valence-corrected chi connectivity index (χ1v) is 9.92. The molecule has 3 heterocycles. The number of nitrogens with one attached hydrogen (secondary N) is 1. The molecule has 5 nitrogen and oxygen atoms in total. The van der Waals surface area contributed by atoms with Crippen molar-refractivity contribution in [3.8, 4) is 11.3 Å². The van der Waals surface area contributed by atoms with E-state index in [0.717, 1.165) is 43.6 Å². The first-order chi connectivity index (χ1) is 13.8. The zero-order chi connectivity index (χ0) is 20.3. The van der Waals surface area contributed by atoms with Crippen molar-refractivity contribution in [3.05, 3.63) is 40.9 Å². The second-order valence-electron chi connectivity index (χ2n) is 7.72. The Morgan fingerprint density at radius 1 is 1.21 bits per heavy atom. The minimum Gasteiger partial charge on any atom is -0.366 e. The largest absolute Gasteiger partial charge is 0.416 e. The Morgan fingerprint density at radius 3 is 2.72 bits per heavy atom. The van der Waals surface area contributed by atoms with Crippen molar-refractivity contribution in [2.75, 3.05) is 22.9 Å². The quantitative estimate of drug-likeness (QED) is 0.763. The normalized spacial score (nSPS) is 20.6. The molecule has 1 saturated carbocycles. The molecule has 1 aromatic carbocycles. The van der Waals surface area contributed by atoms with Gasteiger partial charge < -0.3 is 10.2 Å². The van der Waals surface area contributed by atoms with Crippen molar-refractivity contribution >= 4 is 29.1 Å². The predicted molar refractivity (Wildman–Crippen MR) is 104 cm³/mol. The van der Waals surface area contributed by atoms with Gasteiger partial charge in [0.15, 0.2) is 5.82 Å². The van der Waals surface area contributed by atoms with Gasteiger partial charge in [-0.15, -0.1) is 0 Å². The molecule has 2 aliphatic heterocycles. The van der Waals surface area contributed by atoms with Crippen LogP contribution in [0.25, 0.3) is 11.3 Å². The third kappa shape index (κ3) is 3.29. The molecule has 1 aromatic heterocycles. The number of hydrogen-bond acceptors (Lipinski definition) is 3. The number of aromatic nitrogens is 1. The van der Waals surface area contributed by atoms with Gasteiger partial charge in [-0.25, -0.2) is 9.78 Å². The van der Waals surface area contributed by atoms with Gasteiger partial charge in [0.2, 0.25) is 0 Å². The SMILES string of the molecule is O=C(NC1CC1)N1c2nc(-c3cccc(C(F)(F)F)c3)c(Cl)cc2N2CC[C@H]1C2. The zero-order valence-electron chi connectivity index (χ0n) is 15.3. The van der Waals surface area contributed by atoms with Crippen LogP contribution < -0.4 is 15.1 Å². The van der Waals surface area contributed by atoms with Crippen LogP contribution in [0.2, 0.25) is 5.02 Å². The highest BCUT2D eigenvalue weighted by Gasteiger charge is 2.42. The number of alkyl halides is 3. The lowest BCUT2D eigenvalue weighted by molar-refractivity contribution is -0.137. The van der Waals surface area contributed by atoms with E-state index in [1.54, 1.807) is 17.0 Å². The summed E-state index contributed by atoms with van der Waals surface area (Å²) < 4.78 is 39.4. The maximum absolute atomic E-state index is 13.1. The summed E-state index contributed by atoms with van der Waals surface area (Å²) >= 11 is 6.43. The Hall–Kier alpha value is -2.48. The molecular formula is C20H18ClF3N4O. The van der Waals surface area contributed by atoms with Crippen LogP contribution in [0.5, 0.6) is 0 Å². The van der Waals surface area contributed by atoms with Gasteiger partial charge in [-0.05, 0) is 37.5 Å². The van der Waals surface area contributed by atoms with Crippen molar-refractivity contribution < 1.29 is 18.0 Å². The van der Waals surface area contributed by atoms with Crippen LogP contribution in [0.15, 0.2) is 30.3 Å². The molecule has 1 aliphatic carbocycles. The second-order valence-corrected chi connectivity index (χ2v) is 8.13. The molecule has 2 aromatic rings. The smallest absolute Gasteiger partial charge is 0.366 e. The highest BCUT2D eigenvalue weighted by Crippen LogP contribution is 2.43. The molecule has 152 valence electrons. The summed E-state index contributed by atoms with van der Waals surface area (Å²) in [6.07, 6.45) is -1.72. The Labute approximate surface area is 170 Å². The Balaban J connectivity index is 1.60. The first-order valence-electron chi connectivity index (χ1n) is 9.54. The first kappa shape index (κ1) is 18.5. The molecule has 0 spiro atoms. The van der Waals surface area contributed by atoms with Crippen LogP contribution in [0.4, 0.5) is 29.5 Å². The number of fused-ring (bicyclic) bond motifs is 4. The lowest BCUT2D eigenvalue weighted by Gasteiger charge is -2.36. The van der Waals surface area contributed by atoms with Gasteiger partial charge in [0, 0.05) is 24.7 Å². The standard InChI is InChI=1S/C20H18ClF3N4O/c21-15-9-16-18(26-17(15)11-2-1-3-12(8-11)20(22,23)24)28(14-6-7-27(16)10-14)19(29)25-13-4-5-13/h1-3,8-9,13-14H,4-7,10H2,(H,25,29)/t14-/m0/s1. The van der Waals surface area contributed by atoms with Crippen molar-refractivity contribution in [2.24, 2.45) is 0 Å². The van der Waals surface area contributed by atoms with E-state index in [-0.39, 0.29) is 34.4 Å². The van der Waals surface area contributed by atoms with E-state index in [1.165, 1.54) is 6.07 Å². The molecule has 1 N–H and O–H groups in total. The van der Waals surface area contributed by atoms with E-state index in [0.29, 0.717) is 12.4 Å². The van der Waals surface area contributed by atoms with E-state index in [9.17, 15) is 18.0 Å². The number of hydrogen-bond donors (Lipinski definition) is 1. The van der Waals surface area contributed by atoms with Gasteiger partial charge in [-0.1, -0.05) is 23.7 Å². The summed E-state index contributed by atoms with van der Waals surface area (Å²) in [6.45, 7) is 1.48. The fraction of sp³-hybridized carbons (Fsp3) is 0.400. The fourth-order valence-corrected chi connectivity index (χ4v) is 4.26. The molecule has 0 radical (unpaired) electrons. The summed E-state index contributed by atoms with van der Waals surface area (Å²) in [5.74, 6) is 0.453. The Kier molecular flexibility index (Phi) is 4.17. The van der Waals surface area contributed by atoms with E-state index < -0.39 is 11.7 Å². The molecule has 2 amide bonds. The lowest BCUT2D eigenvalue weighted by Crippen LogP contribution is -2.51. The number of carbonyl (C=O) groups excluding carboxylic acids is 1. The van der Waals surface area contributed by atoms with Crippen LogP contribution in [-0.4, -0.2) is 36.2 Å². The van der Waals surface area contributed by atoms with Crippen molar-refractivity contribution in [2.45, 2.75) is 37.5 Å². The summed E-state index contributed by atoms with van der Waals surface area (Å²) in [5, 5.41) is 3.26. The van der Waals surface area contributed by atoms with Crippen LogP contribution in [0.3, 0.4) is 0 Å². The zero-order valence-corrected chi connectivity index (χ0v) is 16.1. The highest BCUT2D eigenvalue weighted by molar-refractivity contribution is 6.33. The van der Waals surface area contributed by atoms with Crippen molar-refractivity contribution in [1.82, 2.24) is 10.3 Å². The van der Waals surface area contributed by atoms with E-state index in [2.05, 4.69) is 15.2 Å². The monoisotopic (exact) mass is 422 g/mol. The van der Waals surface area contributed by atoms with Gasteiger partial charge in [0.1, 0.15) is 0 Å². The van der Waals surface area contributed by atoms with Crippen LogP contribution >= 0.6 is 11.6 Å². The molecule has 2 bridgehead atoms. The van der Waals surface area contributed by atoms with Gasteiger partial charge >= 0.3 is 12.2 Å². The highest BCUT2D eigenvalue weighted by atomic mass is 35.5. The van der Waals surface area contributed by atoms with E-state index in [1.807, 2.05) is 0 Å². The number of rotatable bonds is 2. The van der Waals surface area contributed by atoms with Gasteiger partial charge in [0.05, 0.1) is 28.0 Å². The summed E-state index contributed by atoms with van der Waals surface area (Å²) in [5.41, 5.74) is 0.481. The van der Waals surface area contributed by atoms with Crippen LogP contribution in [0.1, 0.15) is 24.8 Å². The number of amides is 2. The third-order valence-corrected chi connectivity index (χ3v) is 5.91. The van der Waals surface area contributed by atoms with Gasteiger partial charge in [-0.3, -0.25) is 4.90 Å². The van der Waals surface area contributed by atoms with Crippen molar-refractivity contribution in [1.29, 1.82) is 0 Å². The second kappa shape index (κ2) is 6.52. The van der Waals surface area contributed by atoms with E-state index >= 15 is 0 Å². The topological polar surface area (TPSA) is 48.5 Å². The number of halogens is 4. The average molecular weight is 423 g/mol. The van der Waals surface area contributed by atoms with Gasteiger partial charge in [0.25, 0.3) is 0 Å². The number of pyridine rings is 1. The lowest BCUT2D eigenvalue weighted by atomic mass is 10.1. The average Bonchev–Trinajstić information content (AvgIpc) is 3.39. The Bertz CT molecular complexity index is 992. The summed E-state index contributed by atoms with van der Waals surface area (Å²) in [4.78, 5) is 21.3. The van der Waals surface area contributed by atoms with Gasteiger partial charge in [-0.2, -0.15) is 13.2 Å². The Morgan fingerprint density at radius 2 is 2.00 bits per heavy atom. The molecular weight excluding hydrogens is 405 g/mol. The maximum atomic E-state index is 13.1. The molecule has 3 aliphatic rings. The van der Waals surface area contributed by atoms with Crippen LogP contribution in [0, 0.1) is 0 Å². The molecule has 29 heavy (non-hydrogen) atoms. The molecule has 5 rings (SSSR count). The number of anilines is 2. The van der Waals surface area contributed by atoms with Crippen LogP contribution in [-0.2, 0) is 6.18 Å². The summed E-state index contributed by atoms with van der Waals surface area (Å²) in [7, 11) is 0. The van der Waals surface area contributed by atoms with E-state index in [4.69, 9.17) is 11.6 Å². The number of benzene rings is 1.